The van der Waals surface area contributed by atoms with E-state index in [1.165, 1.54) is 0 Å². The molecular weight excluding hydrogens is 242 g/mol. The summed E-state index contributed by atoms with van der Waals surface area (Å²) in [6.45, 7) is 1.47. The molecule has 3 rings (SSSR count). The van der Waals surface area contributed by atoms with Crippen LogP contribution in [-0.4, -0.2) is 27.9 Å². The van der Waals surface area contributed by atoms with Crippen molar-refractivity contribution in [1.29, 1.82) is 0 Å². The number of aromatic nitrogens is 2. The van der Waals surface area contributed by atoms with Crippen LogP contribution in [0.5, 0.6) is 0 Å². The second-order valence-corrected chi connectivity index (χ2v) is 4.84. The molecule has 6 nitrogen and oxygen atoms in total. The maximum absolute atomic E-state index is 12.2. The molecule has 19 heavy (non-hydrogen) atoms. The predicted octanol–water partition coefficient (Wildman–Crippen LogP) is 1.59. The van der Waals surface area contributed by atoms with Crippen molar-refractivity contribution in [3.05, 3.63) is 12.3 Å². The van der Waals surface area contributed by atoms with Gasteiger partial charge < -0.3 is 0 Å². The molecule has 0 N–H and O–H groups in total. The normalized spacial score (nSPS) is 18.2. The van der Waals surface area contributed by atoms with Crippen molar-refractivity contribution in [3.63, 3.8) is 0 Å². The van der Waals surface area contributed by atoms with Crippen LogP contribution in [0.15, 0.2) is 22.5 Å². The molecule has 1 aromatic rings. The van der Waals surface area contributed by atoms with Gasteiger partial charge in [0.1, 0.15) is 5.82 Å². The van der Waals surface area contributed by atoms with Crippen LogP contribution in [0, 0.1) is 12.3 Å². The van der Waals surface area contributed by atoms with Crippen LogP contribution in [0.4, 0.5) is 5.82 Å². The minimum Gasteiger partial charge on any atom is -0.295 e. The Hall–Kier alpha value is -2.16. The van der Waals surface area contributed by atoms with Crippen LogP contribution in [0.1, 0.15) is 25.7 Å². The zero-order chi connectivity index (χ0) is 13.3. The van der Waals surface area contributed by atoms with Gasteiger partial charge in [-0.25, -0.2) is 4.68 Å². The van der Waals surface area contributed by atoms with Crippen LogP contribution in [0.3, 0.4) is 0 Å². The van der Waals surface area contributed by atoms with E-state index < -0.39 is 0 Å². The SMILES string of the molecule is C#CCCC1(CCC(=O)N2CCn3nccc32)N=N1. The lowest BCUT2D eigenvalue weighted by atomic mass is 10.0. The average Bonchev–Trinajstić information content (AvgIpc) is 2.84. The summed E-state index contributed by atoms with van der Waals surface area (Å²) in [5, 5.41) is 12.2. The first-order valence-corrected chi connectivity index (χ1v) is 6.44. The Kier molecular flexibility index (Phi) is 2.82. The molecule has 0 spiro atoms. The summed E-state index contributed by atoms with van der Waals surface area (Å²) >= 11 is 0. The molecule has 1 amide bonds. The second-order valence-electron chi connectivity index (χ2n) is 4.84. The highest BCUT2D eigenvalue weighted by atomic mass is 16.2. The van der Waals surface area contributed by atoms with Gasteiger partial charge >= 0.3 is 0 Å². The quantitative estimate of drug-likeness (QED) is 0.752. The van der Waals surface area contributed by atoms with E-state index in [2.05, 4.69) is 21.2 Å². The van der Waals surface area contributed by atoms with Crippen molar-refractivity contribution in [3.8, 4) is 12.3 Å². The van der Waals surface area contributed by atoms with Gasteiger partial charge in [0.05, 0.1) is 12.7 Å². The number of carbonyl (C=O) groups excluding carboxylic acids is 1. The first-order chi connectivity index (χ1) is 9.24. The Morgan fingerprint density at radius 3 is 3.00 bits per heavy atom. The molecule has 0 bridgehead atoms. The van der Waals surface area contributed by atoms with Crippen LogP contribution in [0.2, 0.25) is 0 Å². The minimum atomic E-state index is -0.373. The number of rotatable bonds is 5. The summed E-state index contributed by atoms with van der Waals surface area (Å²) in [5.41, 5.74) is -0.373. The van der Waals surface area contributed by atoms with Crippen LogP contribution in [-0.2, 0) is 11.3 Å². The fraction of sp³-hybridized carbons (Fsp3) is 0.538. The van der Waals surface area contributed by atoms with Crippen LogP contribution < -0.4 is 4.90 Å². The van der Waals surface area contributed by atoms with Crippen molar-refractivity contribution < 1.29 is 4.79 Å². The van der Waals surface area contributed by atoms with E-state index in [0.29, 0.717) is 25.8 Å². The van der Waals surface area contributed by atoms with E-state index in [4.69, 9.17) is 6.42 Å². The van der Waals surface area contributed by atoms with Crippen molar-refractivity contribution in [2.75, 3.05) is 11.4 Å². The molecule has 1 aromatic heterocycles. The largest absolute Gasteiger partial charge is 0.295 e. The summed E-state index contributed by atoms with van der Waals surface area (Å²) in [7, 11) is 0. The third-order valence-corrected chi connectivity index (χ3v) is 3.60. The molecule has 2 aliphatic heterocycles. The lowest BCUT2D eigenvalue weighted by molar-refractivity contribution is -0.118. The van der Waals surface area contributed by atoms with Crippen molar-refractivity contribution in [1.82, 2.24) is 9.78 Å². The van der Waals surface area contributed by atoms with E-state index in [9.17, 15) is 4.79 Å². The zero-order valence-corrected chi connectivity index (χ0v) is 10.6. The first kappa shape index (κ1) is 11.9. The number of amides is 1. The maximum atomic E-state index is 12.2. The molecule has 0 aromatic carbocycles. The number of hydrogen-bond donors (Lipinski definition) is 0. The van der Waals surface area contributed by atoms with Gasteiger partial charge in [-0.1, -0.05) is 0 Å². The Labute approximate surface area is 111 Å². The van der Waals surface area contributed by atoms with E-state index in [0.717, 1.165) is 18.8 Å². The number of terminal acetylenes is 1. The van der Waals surface area contributed by atoms with E-state index >= 15 is 0 Å². The predicted molar refractivity (Wildman–Crippen MR) is 69.5 cm³/mol. The molecule has 0 saturated carbocycles. The highest BCUT2D eigenvalue weighted by Crippen LogP contribution is 2.38. The molecule has 6 heteroatoms. The van der Waals surface area contributed by atoms with Gasteiger partial charge in [-0.05, 0) is 0 Å². The maximum Gasteiger partial charge on any atom is 0.228 e. The Morgan fingerprint density at radius 2 is 2.26 bits per heavy atom. The molecule has 0 fully saturated rings. The molecular formula is C13H15N5O. The summed E-state index contributed by atoms with van der Waals surface area (Å²) in [4.78, 5) is 14.0. The molecule has 3 heterocycles. The van der Waals surface area contributed by atoms with Gasteiger partial charge in [0, 0.05) is 38.3 Å². The molecule has 0 unspecified atom stereocenters. The van der Waals surface area contributed by atoms with Crippen LogP contribution in [0.25, 0.3) is 0 Å². The van der Waals surface area contributed by atoms with Gasteiger partial charge in [-0.2, -0.15) is 15.3 Å². The number of carbonyl (C=O) groups is 1. The molecule has 0 saturated heterocycles. The third kappa shape index (κ3) is 2.24. The number of nitrogens with zero attached hydrogens (tertiary/aromatic N) is 5. The van der Waals surface area contributed by atoms with Crippen LogP contribution >= 0.6 is 0 Å². The number of fused-ring (bicyclic) bond motifs is 1. The van der Waals surface area contributed by atoms with Crippen molar-refractivity contribution >= 4 is 11.7 Å². The van der Waals surface area contributed by atoms with Gasteiger partial charge in [0.25, 0.3) is 0 Å². The minimum absolute atomic E-state index is 0.108. The molecule has 0 radical (unpaired) electrons. The fourth-order valence-corrected chi connectivity index (χ4v) is 2.40. The van der Waals surface area contributed by atoms with E-state index in [1.54, 1.807) is 11.1 Å². The summed E-state index contributed by atoms with van der Waals surface area (Å²) in [6, 6.07) is 1.87. The highest BCUT2D eigenvalue weighted by molar-refractivity contribution is 5.93. The molecule has 0 aliphatic carbocycles. The lowest BCUT2D eigenvalue weighted by Gasteiger charge is -2.16. The van der Waals surface area contributed by atoms with Gasteiger partial charge in [-0.3, -0.25) is 9.69 Å². The fourth-order valence-electron chi connectivity index (χ4n) is 2.40. The monoisotopic (exact) mass is 257 g/mol. The Balaban J connectivity index is 1.55. The van der Waals surface area contributed by atoms with Gasteiger partial charge in [0.15, 0.2) is 5.66 Å². The zero-order valence-electron chi connectivity index (χ0n) is 10.6. The Morgan fingerprint density at radius 1 is 1.42 bits per heavy atom. The molecule has 0 atom stereocenters. The lowest BCUT2D eigenvalue weighted by Crippen LogP contribution is -2.29. The van der Waals surface area contributed by atoms with E-state index in [-0.39, 0.29) is 11.6 Å². The Bertz CT molecular complexity index is 562. The highest BCUT2D eigenvalue weighted by Gasteiger charge is 2.40. The van der Waals surface area contributed by atoms with Gasteiger partial charge in [-0.15, -0.1) is 12.3 Å². The standard InChI is InChI=1S/C13H15N5O/c1-2-3-6-13(15-16-13)7-4-12(19)17-9-10-18-11(17)5-8-14-18/h1,5,8H,3-4,6-7,9-10H2. The molecule has 98 valence electrons. The van der Waals surface area contributed by atoms with Gasteiger partial charge in [0.2, 0.25) is 5.91 Å². The van der Waals surface area contributed by atoms with Crippen molar-refractivity contribution in [2.45, 2.75) is 37.9 Å². The first-order valence-electron chi connectivity index (χ1n) is 6.44. The number of hydrogen-bond acceptors (Lipinski definition) is 4. The second kappa shape index (κ2) is 4.50. The summed E-state index contributed by atoms with van der Waals surface area (Å²) in [5.74, 6) is 3.58. The molecule has 2 aliphatic rings. The topological polar surface area (TPSA) is 62.9 Å². The number of anilines is 1. The van der Waals surface area contributed by atoms with Crippen molar-refractivity contribution in [2.24, 2.45) is 10.2 Å². The summed E-state index contributed by atoms with van der Waals surface area (Å²) in [6.07, 6.45) is 9.45. The van der Waals surface area contributed by atoms with E-state index in [1.807, 2.05) is 10.7 Å². The third-order valence-electron chi connectivity index (χ3n) is 3.60. The summed E-state index contributed by atoms with van der Waals surface area (Å²) < 4.78 is 1.85. The smallest absolute Gasteiger partial charge is 0.228 e. The average molecular weight is 257 g/mol.